The molecule has 2 aromatic carbocycles. The Morgan fingerprint density at radius 3 is 2.16 bits per heavy atom. The number of rotatable bonds is 20. The van der Waals surface area contributed by atoms with E-state index in [2.05, 4.69) is 9.72 Å². The normalized spacial score (nSPS) is 15.1. The number of carbonyl (C=O) groups excluding carboxylic acids is 3. The second-order valence-electron chi connectivity index (χ2n) is 14.3. The highest BCUT2D eigenvalue weighted by Gasteiger charge is 2.28. The lowest BCUT2D eigenvalue weighted by Crippen LogP contribution is -2.36. The average Bonchev–Trinajstić information content (AvgIpc) is 4.06. The van der Waals surface area contributed by atoms with Crippen molar-refractivity contribution in [3.8, 4) is 17.2 Å². The second-order valence-corrected chi connectivity index (χ2v) is 16.0. The van der Waals surface area contributed by atoms with Gasteiger partial charge in [-0.3, -0.25) is 23.1 Å². The van der Waals surface area contributed by atoms with E-state index in [1.807, 2.05) is 0 Å². The lowest BCUT2D eigenvalue weighted by molar-refractivity contribution is -0.153. The van der Waals surface area contributed by atoms with E-state index in [-0.39, 0.29) is 63.9 Å². The molecule has 0 radical (unpaired) electrons. The largest absolute Gasteiger partial charge is 0.755 e. The van der Waals surface area contributed by atoms with Gasteiger partial charge in [0.15, 0.2) is 11.5 Å². The van der Waals surface area contributed by atoms with Crippen LogP contribution in [0.5, 0.6) is 17.2 Å². The summed E-state index contributed by atoms with van der Waals surface area (Å²) in [6.07, 6.45) is 5.04. The molecule has 304 valence electrons. The molecule has 3 aromatic rings. The van der Waals surface area contributed by atoms with Crippen LogP contribution in [0.25, 0.3) is 0 Å². The summed E-state index contributed by atoms with van der Waals surface area (Å²) in [5.74, 6) is -1.98. The van der Waals surface area contributed by atoms with Gasteiger partial charge in [-0.15, -0.1) is 0 Å². The van der Waals surface area contributed by atoms with Gasteiger partial charge in [0.05, 0.1) is 40.9 Å². The molecule has 2 atom stereocenters. The number of alkyl halides is 2. The average molecular weight is 843 g/mol. The Morgan fingerprint density at radius 1 is 0.929 bits per heavy atom. The number of halogens is 4. The van der Waals surface area contributed by atoms with Crippen molar-refractivity contribution in [3.05, 3.63) is 75.5 Å². The van der Waals surface area contributed by atoms with Crippen LogP contribution in [0, 0.1) is 11.8 Å². The van der Waals surface area contributed by atoms with Gasteiger partial charge in [-0.25, -0.2) is 4.79 Å². The number of hydrogen-bond donors (Lipinski definition) is 0. The van der Waals surface area contributed by atoms with Crippen molar-refractivity contribution in [2.45, 2.75) is 77.6 Å². The van der Waals surface area contributed by atoms with E-state index >= 15 is 0 Å². The number of pyridine rings is 1. The molecular weight excluding hydrogens is 801 g/mol. The van der Waals surface area contributed by atoms with E-state index < -0.39 is 60.6 Å². The number of benzene rings is 2. The summed E-state index contributed by atoms with van der Waals surface area (Å²) >= 11 is 9.85. The van der Waals surface area contributed by atoms with Crippen LogP contribution < -0.4 is 18.5 Å². The smallest absolute Gasteiger partial charge is 0.387 e. The van der Waals surface area contributed by atoms with Gasteiger partial charge in [0, 0.05) is 30.1 Å². The third kappa shape index (κ3) is 13.2. The molecule has 0 saturated heterocycles. The second kappa shape index (κ2) is 19.3. The Morgan fingerprint density at radius 2 is 1.57 bits per heavy atom. The summed E-state index contributed by atoms with van der Waals surface area (Å²) in [5.41, 5.74) is -0.0699. The molecule has 5 rings (SSSR count). The zero-order valence-electron chi connectivity index (χ0n) is 30.8. The molecule has 0 aliphatic heterocycles. The fourth-order valence-electron chi connectivity index (χ4n) is 5.26. The van der Waals surface area contributed by atoms with Crippen molar-refractivity contribution in [3.63, 3.8) is 0 Å². The summed E-state index contributed by atoms with van der Waals surface area (Å²) in [5, 5.41) is 0.410. The quantitative estimate of drug-likeness (QED) is 0.0624. The highest BCUT2D eigenvalue weighted by Crippen LogP contribution is 2.39. The number of aromatic nitrogens is 1. The van der Waals surface area contributed by atoms with Crippen LogP contribution in [0.3, 0.4) is 0 Å². The molecule has 0 bridgehead atoms. The number of esters is 3. The summed E-state index contributed by atoms with van der Waals surface area (Å²) in [4.78, 5) is 42.8. The maximum Gasteiger partial charge on any atom is 0.387 e. The summed E-state index contributed by atoms with van der Waals surface area (Å²) < 4.78 is 84.5. The first kappa shape index (κ1) is 42.9. The first-order valence-electron chi connectivity index (χ1n) is 17.8. The Hall–Kier alpha value is -4.25. The van der Waals surface area contributed by atoms with Crippen molar-refractivity contribution in [1.29, 1.82) is 0 Å². The lowest BCUT2D eigenvalue weighted by atomic mass is 10.0. The Labute approximate surface area is 335 Å². The third-order valence-corrected chi connectivity index (χ3v) is 9.73. The monoisotopic (exact) mass is 841 g/mol. The summed E-state index contributed by atoms with van der Waals surface area (Å²) in [7, 11) is 0. The fraction of sp³-hybridized carbons (Fsp3) is 0.474. The summed E-state index contributed by atoms with van der Waals surface area (Å²) in [6, 6.07) is 8.11. The van der Waals surface area contributed by atoms with E-state index in [4.69, 9.17) is 46.9 Å². The minimum Gasteiger partial charge on any atom is -0.755 e. The number of anilines is 1. The van der Waals surface area contributed by atoms with Crippen molar-refractivity contribution in [2.75, 3.05) is 30.7 Å². The molecule has 2 aliphatic carbocycles. The lowest BCUT2D eigenvalue weighted by Gasteiger charge is -2.29. The maximum absolute atomic E-state index is 13.2. The predicted molar refractivity (Wildman–Crippen MR) is 200 cm³/mol. The first-order chi connectivity index (χ1) is 26.6. The van der Waals surface area contributed by atoms with Crippen molar-refractivity contribution in [1.82, 2.24) is 4.98 Å². The van der Waals surface area contributed by atoms with Crippen LogP contribution >= 0.6 is 23.2 Å². The van der Waals surface area contributed by atoms with Crippen molar-refractivity contribution >= 4 is 58.1 Å². The number of nitrogens with zero attached hydrogens (tertiary/aromatic N) is 2. The minimum atomic E-state index is -3.10. The number of hydrogen-bond acceptors (Lipinski definition) is 12. The molecule has 0 amide bonds. The molecule has 1 aromatic heterocycles. The van der Waals surface area contributed by atoms with E-state index in [0.717, 1.165) is 30.0 Å². The van der Waals surface area contributed by atoms with Gasteiger partial charge in [-0.2, -0.15) is 8.78 Å². The molecule has 18 heteroatoms. The number of ether oxygens (including phenoxy) is 6. The predicted octanol–water partition coefficient (Wildman–Crippen LogP) is 7.58. The highest BCUT2D eigenvalue weighted by molar-refractivity contribution is 7.80. The molecule has 0 N–H and O–H groups in total. The third-order valence-electron chi connectivity index (χ3n) is 8.39. The zero-order chi connectivity index (χ0) is 40.6. The van der Waals surface area contributed by atoms with Crippen LogP contribution in [-0.4, -0.2) is 70.2 Å². The molecule has 13 nitrogen and oxygen atoms in total. The maximum atomic E-state index is 13.2. The minimum absolute atomic E-state index is 0.00788. The topological polar surface area (TPSA) is 163 Å². The van der Waals surface area contributed by atoms with E-state index in [1.165, 1.54) is 48.8 Å². The molecular formula is C38H41Cl2F2N2O11S-. The summed E-state index contributed by atoms with van der Waals surface area (Å²) in [6.45, 7) is 1.36. The van der Waals surface area contributed by atoms with Crippen LogP contribution in [0.4, 0.5) is 14.5 Å². The van der Waals surface area contributed by atoms with Gasteiger partial charge in [-0.05, 0) is 99.7 Å². The first-order valence-corrected chi connectivity index (χ1v) is 19.6. The highest BCUT2D eigenvalue weighted by atomic mass is 35.5. The van der Waals surface area contributed by atoms with Crippen LogP contribution in [0.15, 0.2) is 48.8 Å². The van der Waals surface area contributed by atoms with Gasteiger partial charge in [0.1, 0.15) is 30.6 Å². The Bertz CT molecular complexity index is 1890. The number of carbonyl (C=O) groups is 3. The van der Waals surface area contributed by atoms with Gasteiger partial charge < -0.3 is 33.0 Å². The van der Waals surface area contributed by atoms with E-state index in [1.54, 1.807) is 20.8 Å². The van der Waals surface area contributed by atoms with Crippen LogP contribution in [0.1, 0.15) is 80.5 Å². The standard InChI is InChI=1S/C38H42Cl2F2N2O11S/c1-38(2,3)55-35(46)19-44(56(48)49)29-10-8-25(15-32(29)51-20-22-4-5-22)36(47)50-13-12-34(45)53-31(16-26-27(39)17-43-18-28(26)40)24-9-11-30(54-37(41)42)33(14-24)52-21-23-6-7-23/h8-11,14-15,17-18,22-23,31,37H,4-7,12-13,16,19-21H2,1-3H3,(H,48,49)/p-1. The van der Waals surface area contributed by atoms with Gasteiger partial charge in [-0.1, -0.05) is 29.3 Å². The zero-order valence-corrected chi connectivity index (χ0v) is 33.1. The molecule has 2 saturated carbocycles. The van der Waals surface area contributed by atoms with Crippen molar-refractivity contribution < 1.29 is 60.3 Å². The molecule has 0 spiro atoms. The van der Waals surface area contributed by atoms with E-state index in [9.17, 15) is 31.9 Å². The Kier molecular flexibility index (Phi) is 14.8. The molecule has 1 heterocycles. The van der Waals surface area contributed by atoms with Crippen molar-refractivity contribution in [2.24, 2.45) is 11.8 Å². The van der Waals surface area contributed by atoms with Gasteiger partial charge >= 0.3 is 24.5 Å². The van der Waals surface area contributed by atoms with Gasteiger partial charge in [0.2, 0.25) is 0 Å². The van der Waals surface area contributed by atoms with Gasteiger partial charge in [0.25, 0.3) is 0 Å². The van der Waals surface area contributed by atoms with E-state index in [0.29, 0.717) is 23.7 Å². The molecule has 2 fully saturated rings. The fourth-order valence-corrected chi connectivity index (χ4v) is 6.30. The van der Waals surface area contributed by atoms with Crippen LogP contribution in [-0.2, 0) is 41.5 Å². The SMILES string of the molecule is CC(C)(C)OC(=O)CN(c1ccc(C(=O)OCCC(=O)OC(Cc2c(Cl)cncc2Cl)c2ccc(OC(F)F)c(OCC3CC3)c2)cc1OCC1CC1)S(=O)[O-]. The Balaban J connectivity index is 1.28. The molecule has 56 heavy (non-hydrogen) atoms. The van der Waals surface area contributed by atoms with Crippen LogP contribution in [0.2, 0.25) is 10.0 Å². The molecule has 2 unspecified atom stereocenters. The molecule has 2 aliphatic rings.